The molecule has 1 aliphatic heterocycles. The molecule has 0 radical (unpaired) electrons. The van der Waals surface area contributed by atoms with Gasteiger partial charge in [-0.05, 0) is 48.9 Å². The second kappa shape index (κ2) is 13.8. The van der Waals surface area contributed by atoms with Gasteiger partial charge in [0.25, 0.3) is 0 Å². The van der Waals surface area contributed by atoms with Crippen LogP contribution in [-0.2, 0) is 22.5 Å². The van der Waals surface area contributed by atoms with E-state index in [0.29, 0.717) is 12.7 Å². The minimum absolute atomic E-state index is 0.351. The number of benzene rings is 2. The van der Waals surface area contributed by atoms with Crippen LogP contribution in [0.15, 0.2) is 59.6 Å². The average Bonchev–Trinajstić information content (AvgIpc) is 2.85. The van der Waals surface area contributed by atoms with Crippen LogP contribution in [0.3, 0.4) is 0 Å². The van der Waals surface area contributed by atoms with Crippen LogP contribution in [0.25, 0.3) is 0 Å². The first-order chi connectivity index (χ1) is 15.8. The van der Waals surface area contributed by atoms with Crippen LogP contribution in [0.5, 0.6) is 5.75 Å². The Morgan fingerprint density at radius 1 is 1.00 bits per heavy atom. The van der Waals surface area contributed by atoms with Gasteiger partial charge in [-0.25, -0.2) is 0 Å². The van der Waals surface area contributed by atoms with Gasteiger partial charge in [0.1, 0.15) is 12.4 Å². The number of likely N-dealkylation sites (tertiary alicyclic amines) is 1. The number of hydrogen-bond donors (Lipinski definition) is 1. The number of piperidine rings is 1. The van der Waals surface area contributed by atoms with E-state index < -0.39 is 0 Å². The third kappa shape index (κ3) is 8.17. The van der Waals surface area contributed by atoms with Crippen molar-refractivity contribution in [3.05, 3.63) is 65.7 Å². The van der Waals surface area contributed by atoms with Crippen molar-refractivity contribution in [3.8, 4) is 5.75 Å². The lowest BCUT2D eigenvalue weighted by Crippen LogP contribution is -2.47. The number of methoxy groups -OCH3 is 1. The summed E-state index contributed by atoms with van der Waals surface area (Å²) in [5, 5.41) is 3.51. The number of rotatable bonds is 11. The fourth-order valence-electron chi connectivity index (χ4n) is 3.83. The summed E-state index contributed by atoms with van der Waals surface area (Å²) < 4.78 is 16.9. The monoisotopic (exact) mass is 439 g/mol. The lowest BCUT2D eigenvalue weighted by molar-refractivity contribution is 0.00992. The molecule has 0 atom stereocenters. The number of hydrogen-bond acceptors (Lipinski definition) is 4. The minimum atomic E-state index is 0.351. The summed E-state index contributed by atoms with van der Waals surface area (Å²) >= 11 is 0. The zero-order chi connectivity index (χ0) is 22.4. The molecule has 0 aromatic heterocycles. The van der Waals surface area contributed by atoms with E-state index in [1.54, 1.807) is 7.11 Å². The maximum absolute atomic E-state index is 5.96. The van der Waals surface area contributed by atoms with Gasteiger partial charge < -0.3 is 24.4 Å². The molecule has 32 heavy (non-hydrogen) atoms. The highest BCUT2D eigenvalue weighted by molar-refractivity contribution is 5.79. The Bertz CT molecular complexity index is 788. The SMILES string of the molecule is CN=C(NCCc1ccc(OCc2ccccc2)cc1)N1CCC(OCCCOC)CC1. The van der Waals surface area contributed by atoms with Gasteiger partial charge in [0.05, 0.1) is 6.10 Å². The number of nitrogens with one attached hydrogen (secondary N) is 1. The van der Waals surface area contributed by atoms with Gasteiger partial charge in [-0.1, -0.05) is 42.5 Å². The van der Waals surface area contributed by atoms with Crippen LogP contribution in [0.2, 0.25) is 0 Å². The standard InChI is InChI=1S/C26H37N3O3/c1-27-26(29-17-14-25(15-18-29)31-20-6-19-30-2)28-16-13-22-9-11-24(12-10-22)32-21-23-7-4-3-5-8-23/h3-5,7-12,25H,6,13-21H2,1-2H3,(H,27,28). The molecule has 3 rings (SSSR count). The van der Waals surface area contributed by atoms with Crippen molar-refractivity contribution in [2.45, 2.75) is 38.4 Å². The van der Waals surface area contributed by atoms with Crippen molar-refractivity contribution in [2.24, 2.45) is 4.99 Å². The van der Waals surface area contributed by atoms with Crippen LogP contribution in [0, 0.1) is 0 Å². The van der Waals surface area contributed by atoms with Gasteiger partial charge in [-0.15, -0.1) is 0 Å². The maximum Gasteiger partial charge on any atom is 0.193 e. The number of guanidine groups is 1. The van der Waals surface area contributed by atoms with E-state index in [2.05, 4.69) is 39.5 Å². The van der Waals surface area contributed by atoms with Crippen LogP contribution >= 0.6 is 0 Å². The first-order valence-corrected chi connectivity index (χ1v) is 11.6. The molecule has 0 aliphatic carbocycles. The minimum Gasteiger partial charge on any atom is -0.489 e. The summed E-state index contributed by atoms with van der Waals surface area (Å²) in [5.41, 5.74) is 2.46. The van der Waals surface area contributed by atoms with Gasteiger partial charge in [0.15, 0.2) is 5.96 Å². The third-order valence-electron chi connectivity index (χ3n) is 5.67. The molecular formula is C26H37N3O3. The topological polar surface area (TPSA) is 55.3 Å². The second-order valence-corrected chi connectivity index (χ2v) is 8.05. The first-order valence-electron chi connectivity index (χ1n) is 11.6. The number of ether oxygens (including phenoxy) is 3. The normalized spacial score (nSPS) is 15.1. The summed E-state index contributed by atoms with van der Waals surface area (Å²) in [5.74, 6) is 1.87. The molecule has 0 bridgehead atoms. The first kappa shape index (κ1) is 24.1. The fraction of sp³-hybridized carbons (Fsp3) is 0.500. The predicted molar refractivity (Wildman–Crippen MR) is 129 cm³/mol. The highest BCUT2D eigenvalue weighted by Crippen LogP contribution is 2.16. The van der Waals surface area contributed by atoms with Gasteiger partial charge in [0.2, 0.25) is 0 Å². The molecule has 6 nitrogen and oxygen atoms in total. The molecule has 1 fully saturated rings. The van der Waals surface area contributed by atoms with Crippen LogP contribution in [0.4, 0.5) is 0 Å². The highest BCUT2D eigenvalue weighted by atomic mass is 16.5. The zero-order valence-corrected chi connectivity index (χ0v) is 19.5. The quantitative estimate of drug-likeness (QED) is 0.327. The molecule has 1 saturated heterocycles. The van der Waals surface area contributed by atoms with E-state index in [4.69, 9.17) is 14.2 Å². The molecule has 174 valence electrons. The predicted octanol–water partition coefficient (Wildman–Crippen LogP) is 3.90. The van der Waals surface area contributed by atoms with Gasteiger partial charge >= 0.3 is 0 Å². The summed E-state index contributed by atoms with van der Waals surface area (Å²) in [6.45, 7) is 4.93. The zero-order valence-electron chi connectivity index (χ0n) is 19.5. The van der Waals surface area contributed by atoms with Crippen LogP contribution in [-0.4, -0.2) is 64.0 Å². The Kier molecular flexibility index (Phi) is 10.4. The number of nitrogens with zero attached hydrogens (tertiary/aromatic N) is 2. The summed E-state index contributed by atoms with van der Waals surface area (Å²) in [4.78, 5) is 6.80. The van der Waals surface area contributed by atoms with Crippen molar-refractivity contribution in [1.29, 1.82) is 0 Å². The summed E-state index contributed by atoms with van der Waals surface area (Å²) in [6, 6.07) is 18.6. The Balaban J connectivity index is 1.34. The second-order valence-electron chi connectivity index (χ2n) is 8.05. The molecule has 0 spiro atoms. The molecular weight excluding hydrogens is 402 g/mol. The average molecular weight is 440 g/mol. The van der Waals surface area contributed by atoms with Crippen molar-refractivity contribution in [3.63, 3.8) is 0 Å². The molecule has 2 aromatic rings. The maximum atomic E-state index is 5.96. The smallest absolute Gasteiger partial charge is 0.193 e. The summed E-state index contributed by atoms with van der Waals surface area (Å²) in [7, 11) is 3.59. The van der Waals surface area contributed by atoms with Crippen LogP contribution in [0.1, 0.15) is 30.4 Å². The van der Waals surface area contributed by atoms with Crippen molar-refractivity contribution in [1.82, 2.24) is 10.2 Å². The van der Waals surface area contributed by atoms with E-state index in [1.807, 2.05) is 37.4 Å². The largest absolute Gasteiger partial charge is 0.489 e. The fourth-order valence-corrected chi connectivity index (χ4v) is 3.83. The molecule has 2 aromatic carbocycles. The highest BCUT2D eigenvalue weighted by Gasteiger charge is 2.21. The van der Waals surface area contributed by atoms with Gasteiger partial charge in [-0.3, -0.25) is 4.99 Å². The molecule has 0 unspecified atom stereocenters. The Morgan fingerprint density at radius 3 is 2.44 bits per heavy atom. The van der Waals surface area contributed by atoms with E-state index in [0.717, 1.165) is 70.2 Å². The Labute approximate surface area is 192 Å². The van der Waals surface area contributed by atoms with E-state index in [-0.39, 0.29) is 0 Å². The van der Waals surface area contributed by atoms with Crippen molar-refractivity contribution in [2.75, 3.05) is 47.0 Å². The van der Waals surface area contributed by atoms with Crippen molar-refractivity contribution >= 4 is 5.96 Å². The van der Waals surface area contributed by atoms with Gasteiger partial charge in [0, 0.05) is 47.0 Å². The molecule has 0 amide bonds. The van der Waals surface area contributed by atoms with Gasteiger partial charge in [-0.2, -0.15) is 0 Å². The Morgan fingerprint density at radius 2 is 1.75 bits per heavy atom. The molecule has 0 saturated carbocycles. The molecule has 1 N–H and O–H groups in total. The Hall–Kier alpha value is -2.57. The lowest BCUT2D eigenvalue weighted by Gasteiger charge is -2.34. The molecule has 6 heteroatoms. The third-order valence-corrected chi connectivity index (χ3v) is 5.67. The van der Waals surface area contributed by atoms with E-state index in [1.165, 1.54) is 11.1 Å². The number of aliphatic imine (C=N–C) groups is 1. The molecule has 1 aliphatic rings. The van der Waals surface area contributed by atoms with E-state index in [9.17, 15) is 0 Å². The lowest BCUT2D eigenvalue weighted by atomic mass is 10.1. The molecule has 1 heterocycles. The summed E-state index contributed by atoms with van der Waals surface area (Å²) in [6.07, 6.45) is 4.33. The van der Waals surface area contributed by atoms with Crippen molar-refractivity contribution < 1.29 is 14.2 Å². The van der Waals surface area contributed by atoms with E-state index >= 15 is 0 Å². The van der Waals surface area contributed by atoms with Crippen LogP contribution < -0.4 is 10.1 Å².